The zero-order chi connectivity index (χ0) is 19.1. The fourth-order valence-corrected chi connectivity index (χ4v) is 5.25. The molecular weight excluding hydrogens is 370 g/mol. The van der Waals surface area contributed by atoms with E-state index in [9.17, 15) is 13.7 Å². The predicted molar refractivity (Wildman–Crippen MR) is 104 cm³/mol. The van der Waals surface area contributed by atoms with Gasteiger partial charge < -0.3 is 9.64 Å². The first-order valence-electron chi connectivity index (χ1n) is 8.16. The van der Waals surface area contributed by atoms with Crippen LogP contribution in [0.2, 0.25) is 0 Å². The molecule has 0 bridgehead atoms. The van der Waals surface area contributed by atoms with Crippen LogP contribution in [0.4, 0.5) is 10.7 Å². The van der Waals surface area contributed by atoms with Crippen molar-refractivity contribution < 1.29 is 13.2 Å². The van der Waals surface area contributed by atoms with E-state index in [0.29, 0.717) is 29.5 Å². The van der Waals surface area contributed by atoms with Gasteiger partial charge in [0, 0.05) is 7.05 Å². The first-order valence-corrected chi connectivity index (χ1v) is 10.5. The largest absolute Gasteiger partial charge is 0.490 e. The standard InChI is InChI=1S/C18H21N3O3S2/c1-18(2,3)14-11-25-17(13(14)10-19)20-26(22,23)12-5-6-16-15(9-12)21(4)7-8-24-16/h5-6,9,11,20H,7-8H2,1-4H3. The lowest BCUT2D eigenvalue weighted by Crippen LogP contribution is -2.29. The summed E-state index contributed by atoms with van der Waals surface area (Å²) in [4.78, 5) is 2.10. The van der Waals surface area contributed by atoms with Crippen LogP contribution in [0.5, 0.6) is 5.75 Å². The lowest BCUT2D eigenvalue weighted by Gasteiger charge is -2.28. The average molecular weight is 392 g/mol. The molecule has 0 saturated heterocycles. The van der Waals surface area contributed by atoms with Crippen LogP contribution in [-0.2, 0) is 15.4 Å². The Balaban J connectivity index is 1.97. The lowest BCUT2D eigenvalue weighted by molar-refractivity contribution is 0.311. The molecule has 0 unspecified atom stereocenters. The second-order valence-electron chi connectivity index (χ2n) is 7.22. The Hall–Kier alpha value is -2.24. The third-order valence-electron chi connectivity index (χ3n) is 4.27. The maximum Gasteiger partial charge on any atom is 0.262 e. The van der Waals surface area contributed by atoms with Crippen LogP contribution in [0.25, 0.3) is 0 Å². The topological polar surface area (TPSA) is 82.4 Å². The van der Waals surface area contributed by atoms with Crippen LogP contribution < -0.4 is 14.4 Å². The normalized spacial score (nSPS) is 14.3. The summed E-state index contributed by atoms with van der Waals surface area (Å²) in [6.45, 7) is 7.25. The van der Waals surface area contributed by atoms with Gasteiger partial charge in [0.2, 0.25) is 0 Å². The van der Waals surface area contributed by atoms with E-state index in [-0.39, 0.29) is 10.3 Å². The summed E-state index contributed by atoms with van der Waals surface area (Å²) >= 11 is 1.23. The molecule has 0 amide bonds. The number of benzene rings is 1. The van der Waals surface area contributed by atoms with Gasteiger partial charge >= 0.3 is 0 Å². The fraction of sp³-hybridized carbons (Fsp3) is 0.389. The SMILES string of the molecule is CN1CCOc2ccc(S(=O)(=O)Nc3scc(C(C)(C)C)c3C#N)cc21. The number of hydrogen-bond acceptors (Lipinski definition) is 6. The molecule has 138 valence electrons. The van der Waals surface area contributed by atoms with Crippen LogP contribution in [0.1, 0.15) is 31.9 Å². The maximum atomic E-state index is 12.8. The number of nitrogens with one attached hydrogen (secondary N) is 1. The Labute approximate surface area is 158 Å². The highest BCUT2D eigenvalue weighted by molar-refractivity contribution is 7.93. The molecule has 1 aliphatic rings. The average Bonchev–Trinajstić information content (AvgIpc) is 2.97. The minimum Gasteiger partial charge on any atom is -0.490 e. The fourth-order valence-electron chi connectivity index (χ4n) is 2.77. The number of anilines is 2. The van der Waals surface area contributed by atoms with Gasteiger partial charge in [0.1, 0.15) is 23.4 Å². The summed E-state index contributed by atoms with van der Waals surface area (Å²) in [6, 6.07) is 6.92. The lowest BCUT2D eigenvalue weighted by atomic mass is 9.86. The molecule has 0 spiro atoms. The van der Waals surface area contributed by atoms with Crippen molar-refractivity contribution in [2.24, 2.45) is 0 Å². The summed E-state index contributed by atoms with van der Waals surface area (Å²) in [5.74, 6) is 0.668. The van der Waals surface area contributed by atoms with Crippen LogP contribution in [0, 0.1) is 11.3 Å². The van der Waals surface area contributed by atoms with E-state index in [1.165, 1.54) is 17.4 Å². The highest BCUT2D eigenvalue weighted by Crippen LogP contribution is 2.38. The summed E-state index contributed by atoms with van der Waals surface area (Å²) < 4.78 is 33.8. The minimum absolute atomic E-state index is 0.142. The maximum absolute atomic E-state index is 12.8. The second kappa shape index (κ2) is 6.49. The molecule has 1 aromatic carbocycles. The van der Waals surface area contributed by atoms with Crippen molar-refractivity contribution in [3.05, 3.63) is 34.7 Å². The number of nitrogens with zero attached hydrogens (tertiary/aromatic N) is 2. The van der Waals surface area contributed by atoms with Crippen LogP contribution >= 0.6 is 11.3 Å². The van der Waals surface area contributed by atoms with Gasteiger partial charge in [0.15, 0.2) is 0 Å². The molecule has 26 heavy (non-hydrogen) atoms. The molecule has 1 aromatic heterocycles. The highest BCUT2D eigenvalue weighted by atomic mass is 32.2. The highest BCUT2D eigenvalue weighted by Gasteiger charge is 2.26. The molecule has 0 atom stereocenters. The molecular formula is C18H21N3O3S2. The summed E-state index contributed by atoms with van der Waals surface area (Å²) in [5, 5.41) is 11.7. The molecule has 0 fully saturated rings. The summed E-state index contributed by atoms with van der Waals surface area (Å²) in [7, 11) is -1.91. The Kier molecular flexibility index (Phi) is 4.63. The molecule has 0 aliphatic carbocycles. The van der Waals surface area contributed by atoms with E-state index in [2.05, 4.69) is 10.8 Å². The van der Waals surface area contributed by atoms with Gasteiger partial charge in [-0.3, -0.25) is 4.72 Å². The summed E-state index contributed by atoms with van der Waals surface area (Å²) in [6.07, 6.45) is 0. The Bertz CT molecular complexity index is 982. The Morgan fingerprint density at radius 1 is 1.35 bits per heavy atom. The molecule has 0 saturated carbocycles. The van der Waals surface area contributed by atoms with Crippen molar-refractivity contribution >= 4 is 32.0 Å². The number of ether oxygens (including phenoxy) is 1. The van der Waals surface area contributed by atoms with Crippen LogP contribution in [0.15, 0.2) is 28.5 Å². The first-order chi connectivity index (χ1) is 12.1. The third kappa shape index (κ3) is 3.37. The van der Waals surface area contributed by atoms with Gasteiger partial charge in [-0.2, -0.15) is 5.26 Å². The van der Waals surface area contributed by atoms with Crippen molar-refractivity contribution in [3.63, 3.8) is 0 Å². The second-order valence-corrected chi connectivity index (χ2v) is 9.78. The monoisotopic (exact) mass is 391 g/mol. The van der Waals surface area contributed by atoms with Crippen molar-refractivity contribution in [2.45, 2.75) is 31.1 Å². The summed E-state index contributed by atoms with van der Waals surface area (Å²) in [5.41, 5.74) is 1.71. The third-order valence-corrected chi connectivity index (χ3v) is 6.65. The quantitative estimate of drug-likeness (QED) is 0.865. The van der Waals surface area contributed by atoms with Gasteiger partial charge in [-0.15, -0.1) is 11.3 Å². The molecule has 0 radical (unpaired) electrons. The van der Waals surface area contributed by atoms with Crippen molar-refractivity contribution in [1.29, 1.82) is 5.26 Å². The number of likely N-dealkylation sites (N-methyl/N-ethyl adjacent to an activating group) is 1. The molecule has 8 heteroatoms. The first kappa shape index (κ1) is 18.5. The van der Waals surface area contributed by atoms with Gasteiger partial charge in [0.25, 0.3) is 10.0 Å². The number of nitriles is 1. The molecule has 1 N–H and O–H groups in total. The number of hydrogen-bond donors (Lipinski definition) is 1. The number of fused-ring (bicyclic) bond motifs is 1. The van der Waals surface area contributed by atoms with E-state index >= 15 is 0 Å². The van der Waals surface area contributed by atoms with Gasteiger partial charge in [-0.1, -0.05) is 20.8 Å². The van der Waals surface area contributed by atoms with Crippen LogP contribution in [-0.4, -0.2) is 28.6 Å². The Morgan fingerprint density at radius 2 is 2.08 bits per heavy atom. The molecule has 6 nitrogen and oxygen atoms in total. The van der Waals surface area contributed by atoms with Gasteiger partial charge in [0.05, 0.1) is 22.7 Å². The molecule has 1 aliphatic heterocycles. The smallest absolute Gasteiger partial charge is 0.262 e. The van der Waals surface area contributed by atoms with E-state index < -0.39 is 10.0 Å². The predicted octanol–water partition coefficient (Wildman–Crippen LogP) is 3.55. The number of sulfonamides is 1. The van der Waals surface area contributed by atoms with E-state index in [1.807, 2.05) is 38.1 Å². The van der Waals surface area contributed by atoms with E-state index in [1.54, 1.807) is 12.1 Å². The zero-order valence-corrected chi connectivity index (χ0v) is 16.8. The van der Waals surface area contributed by atoms with E-state index in [4.69, 9.17) is 4.74 Å². The Morgan fingerprint density at radius 3 is 2.73 bits per heavy atom. The number of rotatable bonds is 3. The van der Waals surface area contributed by atoms with Crippen molar-refractivity contribution in [3.8, 4) is 11.8 Å². The molecule has 3 rings (SSSR count). The van der Waals surface area contributed by atoms with Crippen molar-refractivity contribution in [1.82, 2.24) is 0 Å². The van der Waals surface area contributed by atoms with Gasteiger partial charge in [-0.25, -0.2) is 8.42 Å². The van der Waals surface area contributed by atoms with Crippen molar-refractivity contribution in [2.75, 3.05) is 29.8 Å². The molecule has 2 aromatic rings. The van der Waals surface area contributed by atoms with E-state index in [0.717, 1.165) is 11.3 Å². The molecule has 2 heterocycles. The van der Waals surface area contributed by atoms with Crippen LogP contribution in [0.3, 0.4) is 0 Å². The van der Waals surface area contributed by atoms with Gasteiger partial charge in [-0.05, 0) is 34.6 Å². The zero-order valence-electron chi connectivity index (χ0n) is 15.2. The number of thiophene rings is 1. The minimum atomic E-state index is -3.81.